The minimum absolute atomic E-state index is 0.0384. The molecular weight excluding hydrogens is 296 g/mol. The van der Waals surface area contributed by atoms with E-state index in [1.165, 1.54) is 6.92 Å². The Balaban J connectivity index is 2.01. The van der Waals surface area contributed by atoms with E-state index in [1.54, 1.807) is 36.1 Å². The first kappa shape index (κ1) is 17.0. The molecule has 1 fully saturated rings. The van der Waals surface area contributed by atoms with Gasteiger partial charge in [0.05, 0.1) is 17.9 Å². The number of nitrogens with zero attached hydrogens (tertiary/aromatic N) is 1. The maximum absolute atomic E-state index is 12.4. The Hall–Kier alpha value is -2.37. The molecule has 0 bridgehead atoms. The van der Waals surface area contributed by atoms with E-state index in [4.69, 9.17) is 4.74 Å². The van der Waals surface area contributed by atoms with Gasteiger partial charge in [-0.05, 0) is 31.9 Å². The van der Waals surface area contributed by atoms with Gasteiger partial charge in [-0.1, -0.05) is 12.1 Å². The number of amides is 2. The third kappa shape index (κ3) is 4.31. The van der Waals surface area contributed by atoms with Crippen LogP contribution in [-0.4, -0.2) is 42.4 Å². The van der Waals surface area contributed by atoms with E-state index in [9.17, 15) is 14.4 Å². The summed E-state index contributed by atoms with van der Waals surface area (Å²) in [5, 5.41) is 2.82. The number of rotatable bonds is 4. The zero-order valence-electron chi connectivity index (χ0n) is 13.5. The number of hydrogen-bond acceptors (Lipinski definition) is 4. The van der Waals surface area contributed by atoms with E-state index in [2.05, 4.69) is 5.32 Å². The summed E-state index contributed by atoms with van der Waals surface area (Å²) in [6, 6.07) is 6.81. The van der Waals surface area contributed by atoms with Crippen LogP contribution in [0.25, 0.3) is 0 Å². The number of piperidine rings is 1. The third-order valence-electron chi connectivity index (χ3n) is 3.99. The van der Waals surface area contributed by atoms with Gasteiger partial charge >= 0.3 is 5.97 Å². The number of carbonyl (C=O) groups excluding carboxylic acids is 3. The van der Waals surface area contributed by atoms with E-state index in [-0.39, 0.29) is 24.3 Å². The first-order chi connectivity index (χ1) is 11.0. The van der Waals surface area contributed by atoms with Crippen LogP contribution in [0.2, 0.25) is 0 Å². The number of hydrogen-bond donors (Lipinski definition) is 1. The summed E-state index contributed by atoms with van der Waals surface area (Å²) < 4.78 is 5.00. The molecule has 0 atom stereocenters. The number of para-hydroxylation sites is 1. The second-order valence-corrected chi connectivity index (χ2v) is 5.54. The molecule has 1 N–H and O–H groups in total. The van der Waals surface area contributed by atoms with Crippen molar-refractivity contribution in [1.82, 2.24) is 4.90 Å². The molecule has 1 aliphatic rings. The van der Waals surface area contributed by atoms with Crippen molar-refractivity contribution in [1.29, 1.82) is 0 Å². The van der Waals surface area contributed by atoms with Crippen molar-refractivity contribution in [2.45, 2.75) is 26.7 Å². The Kier molecular flexibility index (Phi) is 5.73. The molecule has 0 aliphatic carbocycles. The van der Waals surface area contributed by atoms with Crippen molar-refractivity contribution >= 4 is 23.5 Å². The third-order valence-corrected chi connectivity index (χ3v) is 3.99. The van der Waals surface area contributed by atoms with Crippen molar-refractivity contribution in [3.8, 4) is 0 Å². The lowest BCUT2D eigenvalue weighted by atomic mass is 9.95. The monoisotopic (exact) mass is 318 g/mol. The summed E-state index contributed by atoms with van der Waals surface area (Å²) in [5.41, 5.74) is 0.814. The molecule has 0 radical (unpaired) electrons. The maximum atomic E-state index is 12.4. The summed E-state index contributed by atoms with van der Waals surface area (Å²) in [6.07, 6.45) is 1.26. The molecular formula is C17H22N2O4. The Morgan fingerprint density at radius 3 is 2.48 bits per heavy atom. The summed E-state index contributed by atoms with van der Waals surface area (Å²) in [7, 11) is 0. The number of esters is 1. The van der Waals surface area contributed by atoms with E-state index in [1.807, 2.05) is 0 Å². The van der Waals surface area contributed by atoms with Crippen LogP contribution < -0.4 is 5.32 Å². The van der Waals surface area contributed by atoms with Gasteiger partial charge in [0.1, 0.15) is 0 Å². The quantitative estimate of drug-likeness (QED) is 0.862. The molecule has 0 saturated carbocycles. The van der Waals surface area contributed by atoms with Crippen molar-refractivity contribution in [2.24, 2.45) is 5.92 Å². The van der Waals surface area contributed by atoms with Crippen LogP contribution in [0.4, 0.5) is 5.69 Å². The molecule has 6 nitrogen and oxygen atoms in total. The van der Waals surface area contributed by atoms with Crippen molar-refractivity contribution < 1.29 is 19.1 Å². The predicted molar refractivity (Wildman–Crippen MR) is 86.0 cm³/mol. The smallest absolute Gasteiger partial charge is 0.340 e. The highest BCUT2D eigenvalue weighted by Gasteiger charge is 2.26. The van der Waals surface area contributed by atoms with Gasteiger partial charge in [0, 0.05) is 25.9 Å². The van der Waals surface area contributed by atoms with Gasteiger partial charge in [-0.2, -0.15) is 0 Å². The van der Waals surface area contributed by atoms with Gasteiger partial charge in [0.15, 0.2) is 0 Å². The first-order valence-corrected chi connectivity index (χ1v) is 7.85. The molecule has 1 aromatic carbocycles. The normalized spacial score (nSPS) is 15.1. The van der Waals surface area contributed by atoms with E-state index >= 15 is 0 Å². The highest BCUT2D eigenvalue weighted by atomic mass is 16.5. The lowest BCUT2D eigenvalue weighted by Crippen LogP contribution is -2.40. The Morgan fingerprint density at radius 2 is 1.87 bits per heavy atom. The van der Waals surface area contributed by atoms with Crippen molar-refractivity contribution in [3.63, 3.8) is 0 Å². The minimum Gasteiger partial charge on any atom is -0.462 e. The van der Waals surface area contributed by atoms with Crippen molar-refractivity contribution in [3.05, 3.63) is 29.8 Å². The average Bonchev–Trinajstić information content (AvgIpc) is 2.55. The molecule has 23 heavy (non-hydrogen) atoms. The van der Waals surface area contributed by atoms with Crippen LogP contribution in [0.1, 0.15) is 37.0 Å². The zero-order valence-corrected chi connectivity index (χ0v) is 13.5. The standard InChI is InChI=1S/C17H22N2O4/c1-3-23-17(22)14-6-4-5-7-15(14)18-16(21)13-8-10-19(11-9-13)12(2)20/h4-7,13H,3,8-11H2,1-2H3,(H,18,21). The number of likely N-dealkylation sites (tertiary alicyclic amines) is 1. The molecule has 0 spiro atoms. The van der Waals surface area contributed by atoms with Gasteiger partial charge in [-0.15, -0.1) is 0 Å². The Labute approximate surface area is 135 Å². The fourth-order valence-electron chi connectivity index (χ4n) is 2.67. The number of carbonyl (C=O) groups is 3. The summed E-state index contributed by atoms with van der Waals surface area (Å²) in [5.74, 6) is -0.683. The maximum Gasteiger partial charge on any atom is 0.340 e. The molecule has 2 rings (SSSR count). The highest BCUT2D eigenvalue weighted by Crippen LogP contribution is 2.22. The fourth-order valence-corrected chi connectivity index (χ4v) is 2.67. The minimum atomic E-state index is -0.449. The molecule has 1 aliphatic heterocycles. The van der Waals surface area contributed by atoms with E-state index < -0.39 is 5.97 Å². The predicted octanol–water partition coefficient (Wildman–Crippen LogP) is 2.06. The molecule has 0 unspecified atom stereocenters. The lowest BCUT2D eigenvalue weighted by Gasteiger charge is -2.30. The number of ether oxygens (including phenoxy) is 1. The van der Waals surface area contributed by atoms with E-state index in [0.29, 0.717) is 37.2 Å². The largest absolute Gasteiger partial charge is 0.462 e. The first-order valence-electron chi connectivity index (χ1n) is 7.85. The number of nitrogens with one attached hydrogen (secondary N) is 1. The Bertz CT molecular complexity index is 592. The molecule has 1 heterocycles. The topological polar surface area (TPSA) is 75.7 Å². The highest BCUT2D eigenvalue weighted by molar-refractivity contribution is 6.01. The van der Waals surface area contributed by atoms with Crippen LogP contribution in [0, 0.1) is 5.92 Å². The van der Waals surface area contributed by atoms with Gasteiger partial charge < -0.3 is 15.0 Å². The Morgan fingerprint density at radius 1 is 1.22 bits per heavy atom. The second kappa shape index (κ2) is 7.76. The second-order valence-electron chi connectivity index (χ2n) is 5.54. The van der Waals surface area contributed by atoms with Crippen LogP contribution >= 0.6 is 0 Å². The average molecular weight is 318 g/mol. The molecule has 2 amide bonds. The SMILES string of the molecule is CCOC(=O)c1ccccc1NC(=O)C1CCN(C(C)=O)CC1. The van der Waals surface area contributed by atoms with Gasteiger partial charge in [-0.3, -0.25) is 9.59 Å². The summed E-state index contributed by atoms with van der Waals surface area (Å²) >= 11 is 0. The van der Waals surface area contributed by atoms with E-state index in [0.717, 1.165) is 0 Å². The molecule has 124 valence electrons. The van der Waals surface area contributed by atoms with Crippen LogP contribution in [0.15, 0.2) is 24.3 Å². The number of anilines is 1. The zero-order chi connectivity index (χ0) is 16.8. The molecule has 6 heteroatoms. The van der Waals surface area contributed by atoms with Gasteiger partial charge in [0.2, 0.25) is 11.8 Å². The molecule has 0 aromatic heterocycles. The summed E-state index contributed by atoms with van der Waals surface area (Å²) in [6.45, 7) is 4.74. The lowest BCUT2D eigenvalue weighted by molar-refractivity contribution is -0.132. The summed E-state index contributed by atoms with van der Waals surface area (Å²) in [4.78, 5) is 37.4. The van der Waals surface area contributed by atoms with Gasteiger partial charge in [0.25, 0.3) is 0 Å². The van der Waals surface area contributed by atoms with Crippen molar-refractivity contribution in [2.75, 3.05) is 25.0 Å². The van der Waals surface area contributed by atoms with Crippen LogP contribution in [-0.2, 0) is 14.3 Å². The van der Waals surface area contributed by atoms with Gasteiger partial charge in [-0.25, -0.2) is 4.79 Å². The molecule has 1 aromatic rings. The molecule has 1 saturated heterocycles. The number of benzene rings is 1. The van der Waals surface area contributed by atoms with Crippen LogP contribution in [0.3, 0.4) is 0 Å². The fraction of sp³-hybridized carbons (Fsp3) is 0.471. The van der Waals surface area contributed by atoms with Crippen LogP contribution in [0.5, 0.6) is 0 Å².